The second-order valence-corrected chi connectivity index (χ2v) is 4.91. The quantitative estimate of drug-likeness (QED) is 0.580. The lowest BCUT2D eigenvalue weighted by atomic mass is 9.99. The Morgan fingerprint density at radius 3 is 2.23 bits per heavy atom. The summed E-state index contributed by atoms with van der Waals surface area (Å²) >= 11 is 0. The fraction of sp³-hybridized carbons (Fsp3) is 0.222. The van der Waals surface area contributed by atoms with Crippen molar-refractivity contribution in [1.82, 2.24) is 0 Å². The number of benzene rings is 2. The maximum absolute atomic E-state index is 12.6. The van der Waals surface area contributed by atoms with Crippen molar-refractivity contribution in [3.63, 3.8) is 0 Å². The van der Waals surface area contributed by atoms with Gasteiger partial charge in [-0.25, -0.2) is 0 Å². The second kappa shape index (κ2) is 6.67. The molecule has 0 atom stereocenters. The van der Waals surface area contributed by atoms with E-state index in [2.05, 4.69) is 5.92 Å². The molecule has 0 aliphatic rings. The van der Waals surface area contributed by atoms with Crippen LogP contribution < -0.4 is 0 Å². The number of ether oxygens (including phenoxy) is 1. The van der Waals surface area contributed by atoms with E-state index in [1.54, 1.807) is 0 Å². The summed E-state index contributed by atoms with van der Waals surface area (Å²) in [4.78, 5) is 0. The van der Waals surface area contributed by atoms with Gasteiger partial charge in [-0.15, -0.1) is 6.42 Å². The van der Waals surface area contributed by atoms with Crippen LogP contribution in [0.4, 0.5) is 13.2 Å². The van der Waals surface area contributed by atoms with E-state index in [0.717, 1.165) is 34.4 Å². The van der Waals surface area contributed by atoms with Gasteiger partial charge in [0.1, 0.15) is 6.61 Å². The van der Waals surface area contributed by atoms with Crippen LogP contribution in [0.3, 0.4) is 0 Å². The van der Waals surface area contributed by atoms with Crippen molar-refractivity contribution in [2.24, 2.45) is 0 Å². The summed E-state index contributed by atoms with van der Waals surface area (Å²) in [6, 6.07) is 10.8. The van der Waals surface area contributed by atoms with Crippen molar-refractivity contribution in [1.29, 1.82) is 0 Å². The van der Waals surface area contributed by atoms with Gasteiger partial charge in [0.25, 0.3) is 0 Å². The zero-order valence-electron chi connectivity index (χ0n) is 12.1. The molecule has 0 aromatic heterocycles. The normalized spacial score (nSPS) is 11.2. The molecule has 4 heteroatoms. The van der Waals surface area contributed by atoms with Gasteiger partial charge in [-0.1, -0.05) is 36.3 Å². The second-order valence-electron chi connectivity index (χ2n) is 4.91. The van der Waals surface area contributed by atoms with Gasteiger partial charge in [-0.2, -0.15) is 13.2 Å². The van der Waals surface area contributed by atoms with Crippen LogP contribution in [0.15, 0.2) is 42.5 Å². The highest BCUT2D eigenvalue weighted by molar-refractivity contribution is 5.65. The molecule has 22 heavy (non-hydrogen) atoms. The summed E-state index contributed by atoms with van der Waals surface area (Å²) in [6.07, 6.45) is 0.806. The van der Waals surface area contributed by atoms with Crippen LogP contribution in [0.25, 0.3) is 11.1 Å². The summed E-state index contributed by atoms with van der Waals surface area (Å²) < 4.78 is 43.0. The number of terminal acetylenes is 1. The summed E-state index contributed by atoms with van der Waals surface area (Å²) in [5, 5.41) is 0. The molecule has 0 unspecified atom stereocenters. The third kappa shape index (κ3) is 3.90. The predicted octanol–water partition coefficient (Wildman–Crippen LogP) is 4.83. The van der Waals surface area contributed by atoms with E-state index >= 15 is 0 Å². The molecular formula is C18H15F3O. The van der Waals surface area contributed by atoms with Crippen molar-refractivity contribution in [2.45, 2.75) is 19.7 Å². The fourth-order valence-corrected chi connectivity index (χ4v) is 2.11. The number of hydrogen-bond donors (Lipinski definition) is 0. The van der Waals surface area contributed by atoms with Crippen LogP contribution in [0, 0.1) is 19.3 Å². The standard InChI is InChI=1S/C18H15F3O/c1-3-10-22-12-16-5-4-15(11-13(16)2)14-6-8-17(9-7-14)18(19,20)21/h1,4-9,11H,10,12H2,2H3. The minimum Gasteiger partial charge on any atom is -0.364 e. The lowest BCUT2D eigenvalue weighted by Gasteiger charge is -2.10. The molecule has 2 aromatic carbocycles. The largest absolute Gasteiger partial charge is 0.416 e. The first-order chi connectivity index (χ1) is 10.4. The SMILES string of the molecule is C#CCOCc1ccc(-c2ccc(C(F)(F)F)cc2)cc1C. The van der Waals surface area contributed by atoms with Gasteiger partial charge in [0.2, 0.25) is 0 Å². The van der Waals surface area contributed by atoms with E-state index in [-0.39, 0.29) is 6.61 Å². The smallest absolute Gasteiger partial charge is 0.364 e. The zero-order valence-corrected chi connectivity index (χ0v) is 12.1. The van der Waals surface area contributed by atoms with E-state index in [0.29, 0.717) is 6.61 Å². The average molecular weight is 304 g/mol. The predicted molar refractivity (Wildman–Crippen MR) is 80.1 cm³/mol. The highest BCUT2D eigenvalue weighted by atomic mass is 19.4. The van der Waals surface area contributed by atoms with Gasteiger partial charge in [0.05, 0.1) is 12.2 Å². The van der Waals surface area contributed by atoms with Gasteiger partial charge in [-0.3, -0.25) is 0 Å². The molecule has 0 saturated carbocycles. The highest BCUT2D eigenvalue weighted by Gasteiger charge is 2.29. The fourth-order valence-electron chi connectivity index (χ4n) is 2.11. The lowest BCUT2D eigenvalue weighted by Crippen LogP contribution is -2.04. The van der Waals surface area contributed by atoms with Crippen molar-refractivity contribution in [2.75, 3.05) is 6.61 Å². The van der Waals surface area contributed by atoms with Crippen molar-refractivity contribution in [3.05, 3.63) is 59.2 Å². The Labute approximate surface area is 127 Å². The molecule has 1 nitrogen and oxygen atoms in total. The van der Waals surface area contributed by atoms with Crippen LogP contribution in [-0.4, -0.2) is 6.61 Å². The van der Waals surface area contributed by atoms with Gasteiger partial charge >= 0.3 is 6.18 Å². The van der Waals surface area contributed by atoms with E-state index in [9.17, 15) is 13.2 Å². The third-order valence-corrected chi connectivity index (χ3v) is 3.33. The van der Waals surface area contributed by atoms with Crippen LogP contribution >= 0.6 is 0 Å². The minimum atomic E-state index is -4.31. The van der Waals surface area contributed by atoms with E-state index in [1.807, 2.05) is 25.1 Å². The van der Waals surface area contributed by atoms with Gasteiger partial charge < -0.3 is 4.74 Å². The molecule has 0 saturated heterocycles. The number of alkyl halides is 3. The molecule has 0 aliphatic heterocycles. The Balaban J connectivity index is 2.19. The molecule has 0 aliphatic carbocycles. The number of hydrogen-bond acceptors (Lipinski definition) is 1. The first-order valence-electron chi connectivity index (χ1n) is 6.70. The van der Waals surface area contributed by atoms with Crippen LogP contribution in [0.2, 0.25) is 0 Å². The summed E-state index contributed by atoms with van der Waals surface area (Å²) in [7, 11) is 0. The van der Waals surface area contributed by atoms with Crippen LogP contribution in [0.5, 0.6) is 0 Å². The molecule has 114 valence electrons. The Morgan fingerprint density at radius 2 is 1.68 bits per heavy atom. The van der Waals surface area contributed by atoms with Gasteiger partial charge in [0, 0.05) is 0 Å². The number of rotatable bonds is 4. The Bertz CT molecular complexity index is 679. The molecular weight excluding hydrogens is 289 g/mol. The average Bonchev–Trinajstić information content (AvgIpc) is 2.48. The highest BCUT2D eigenvalue weighted by Crippen LogP contribution is 2.31. The number of aryl methyl sites for hydroxylation is 1. The van der Waals surface area contributed by atoms with Gasteiger partial charge in [0.15, 0.2) is 0 Å². The first kappa shape index (κ1) is 16.1. The van der Waals surface area contributed by atoms with E-state index in [4.69, 9.17) is 11.2 Å². The molecule has 0 fully saturated rings. The van der Waals surface area contributed by atoms with Crippen LogP contribution in [-0.2, 0) is 17.5 Å². The maximum Gasteiger partial charge on any atom is 0.416 e. The number of halogens is 3. The molecule has 0 amide bonds. The lowest BCUT2D eigenvalue weighted by molar-refractivity contribution is -0.137. The molecule has 2 rings (SSSR count). The van der Waals surface area contributed by atoms with Crippen molar-refractivity contribution >= 4 is 0 Å². The summed E-state index contributed by atoms with van der Waals surface area (Å²) in [5.41, 5.74) is 2.98. The molecule has 0 N–H and O–H groups in total. The molecule has 0 spiro atoms. The maximum atomic E-state index is 12.6. The zero-order chi connectivity index (χ0) is 16.2. The van der Waals surface area contributed by atoms with Crippen LogP contribution in [0.1, 0.15) is 16.7 Å². The van der Waals surface area contributed by atoms with Crippen molar-refractivity contribution in [3.8, 4) is 23.5 Å². The van der Waals surface area contributed by atoms with E-state index in [1.165, 1.54) is 12.1 Å². The molecule has 0 heterocycles. The molecule has 0 bridgehead atoms. The Hall–Kier alpha value is -2.25. The molecule has 0 radical (unpaired) electrons. The Kier molecular flexibility index (Phi) is 4.89. The summed E-state index contributed by atoms with van der Waals surface area (Å²) in [6.45, 7) is 2.60. The molecule has 2 aromatic rings. The summed E-state index contributed by atoms with van der Waals surface area (Å²) in [5.74, 6) is 2.40. The monoisotopic (exact) mass is 304 g/mol. The van der Waals surface area contributed by atoms with Crippen molar-refractivity contribution < 1.29 is 17.9 Å². The Morgan fingerprint density at radius 1 is 1.05 bits per heavy atom. The minimum absolute atomic E-state index is 0.250. The van der Waals surface area contributed by atoms with Gasteiger partial charge in [-0.05, 0) is 41.3 Å². The van der Waals surface area contributed by atoms with E-state index < -0.39 is 11.7 Å². The topological polar surface area (TPSA) is 9.23 Å². The first-order valence-corrected chi connectivity index (χ1v) is 6.70. The third-order valence-electron chi connectivity index (χ3n) is 3.33.